The smallest absolute Gasteiger partial charge is 0.262 e. The summed E-state index contributed by atoms with van der Waals surface area (Å²) in [5.41, 5.74) is 2.79. The lowest BCUT2D eigenvalue weighted by molar-refractivity contribution is -0.118. The molecule has 0 aromatic heterocycles. The van der Waals surface area contributed by atoms with E-state index in [-0.39, 0.29) is 18.4 Å². The molecule has 2 N–H and O–H groups in total. The summed E-state index contributed by atoms with van der Waals surface area (Å²) >= 11 is 3.49. The molecular weight excluding hydrogens is 520 g/mol. The quantitative estimate of drug-likeness (QED) is 0.244. The van der Waals surface area contributed by atoms with E-state index in [0.717, 1.165) is 6.42 Å². The van der Waals surface area contributed by atoms with Crippen molar-refractivity contribution in [1.82, 2.24) is 0 Å². The number of carbonyl (C=O) groups is 2. The Morgan fingerprint density at radius 1 is 0.722 bits per heavy atom. The van der Waals surface area contributed by atoms with E-state index in [1.807, 2.05) is 36.4 Å². The van der Waals surface area contributed by atoms with Crippen LogP contribution < -0.4 is 20.1 Å². The third-order valence-corrected chi connectivity index (χ3v) is 5.82. The molecule has 0 atom stereocenters. The number of ether oxygens (including phenoxy) is 2. The average Bonchev–Trinajstić information content (AvgIpc) is 2.90. The molecule has 0 saturated carbocycles. The van der Waals surface area contributed by atoms with Gasteiger partial charge in [-0.2, -0.15) is 0 Å². The summed E-state index contributed by atoms with van der Waals surface area (Å²) < 4.78 is 12.0. The molecule has 0 aliphatic carbocycles. The van der Waals surface area contributed by atoms with E-state index < -0.39 is 0 Å². The molecule has 0 aliphatic heterocycles. The molecule has 2 amide bonds. The fourth-order valence-electron chi connectivity index (χ4n) is 3.42. The lowest BCUT2D eigenvalue weighted by Crippen LogP contribution is -2.20. The predicted molar refractivity (Wildman–Crippen MR) is 145 cm³/mol. The van der Waals surface area contributed by atoms with Crippen LogP contribution in [0.1, 0.15) is 15.9 Å². The van der Waals surface area contributed by atoms with Crippen molar-refractivity contribution in [2.24, 2.45) is 0 Å². The van der Waals surface area contributed by atoms with Gasteiger partial charge in [-0.25, -0.2) is 0 Å². The van der Waals surface area contributed by atoms with E-state index in [1.54, 1.807) is 54.6 Å². The highest BCUT2D eigenvalue weighted by Gasteiger charge is 2.11. The summed E-state index contributed by atoms with van der Waals surface area (Å²) in [6.45, 7) is 0.414. The molecule has 0 aliphatic rings. The number of hydrogen-bond acceptors (Lipinski definition) is 4. The summed E-state index contributed by atoms with van der Waals surface area (Å²) in [5, 5.41) is 5.63. The minimum Gasteiger partial charge on any atom is -0.492 e. The Bertz CT molecular complexity index is 1310. The first-order valence-electron chi connectivity index (χ1n) is 11.4. The molecule has 4 aromatic carbocycles. The van der Waals surface area contributed by atoms with Crippen molar-refractivity contribution in [3.05, 3.63) is 119 Å². The van der Waals surface area contributed by atoms with Crippen LogP contribution in [0.2, 0.25) is 0 Å². The van der Waals surface area contributed by atoms with Gasteiger partial charge in [0, 0.05) is 23.4 Å². The van der Waals surface area contributed by atoms with Crippen LogP contribution in [0.25, 0.3) is 0 Å². The SMILES string of the molecule is O=C(COc1ccccc1)Nc1cccc(NC(=O)c2ccc(OCCc3ccccc3)c(Br)c2)c1. The van der Waals surface area contributed by atoms with Gasteiger partial charge in [-0.3, -0.25) is 9.59 Å². The fraction of sp³-hybridized carbons (Fsp3) is 0.103. The summed E-state index contributed by atoms with van der Waals surface area (Å²) in [6, 6.07) is 31.4. The van der Waals surface area contributed by atoms with Gasteiger partial charge in [-0.05, 0) is 70.0 Å². The minimum atomic E-state index is -0.297. The summed E-state index contributed by atoms with van der Waals surface area (Å²) in [5.74, 6) is 0.717. The zero-order valence-corrected chi connectivity index (χ0v) is 21.0. The van der Waals surface area contributed by atoms with Gasteiger partial charge in [0.25, 0.3) is 11.8 Å². The molecule has 0 fully saturated rings. The van der Waals surface area contributed by atoms with Crippen LogP contribution in [0.5, 0.6) is 11.5 Å². The first-order valence-corrected chi connectivity index (χ1v) is 12.2. The third-order valence-electron chi connectivity index (χ3n) is 5.20. The topological polar surface area (TPSA) is 76.7 Å². The van der Waals surface area contributed by atoms with E-state index in [1.165, 1.54) is 5.56 Å². The van der Waals surface area contributed by atoms with Crippen molar-refractivity contribution < 1.29 is 19.1 Å². The first-order chi connectivity index (χ1) is 17.6. The normalized spacial score (nSPS) is 10.4. The Hall–Kier alpha value is -4.10. The van der Waals surface area contributed by atoms with Gasteiger partial charge in [0.1, 0.15) is 11.5 Å². The Morgan fingerprint density at radius 3 is 2.14 bits per heavy atom. The molecule has 0 unspecified atom stereocenters. The maximum absolute atomic E-state index is 12.8. The molecule has 0 heterocycles. The summed E-state index contributed by atoms with van der Waals surface area (Å²) in [7, 11) is 0. The molecule has 0 radical (unpaired) electrons. The molecule has 182 valence electrons. The Kier molecular flexibility index (Phi) is 8.72. The lowest BCUT2D eigenvalue weighted by Gasteiger charge is -2.11. The van der Waals surface area contributed by atoms with Crippen molar-refractivity contribution >= 4 is 39.1 Å². The van der Waals surface area contributed by atoms with Gasteiger partial charge < -0.3 is 20.1 Å². The number of amides is 2. The second-order valence-corrected chi connectivity index (χ2v) is 8.77. The Morgan fingerprint density at radius 2 is 1.42 bits per heavy atom. The number of rotatable bonds is 10. The van der Waals surface area contributed by atoms with Gasteiger partial charge in [0.05, 0.1) is 11.1 Å². The number of carbonyl (C=O) groups excluding carboxylic acids is 2. The summed E-state index contributed by atoms with van der Waals surface area (Å²) in [4.78, 5) is 25.0. The molecule has 4 rings (SSSR count). The van der Waals surface area contributed by atoms with Crippen molar-refractivity contribution in [1.29, 1.82) is 0 Å². The molecule has 0 spiro atoms. The van der Waals surface area contributed by atoms with Crippen molar-refractivity contribution in [3.63, 3.8) is 0 Å². The van der Waals surface area contributed by atoms with Crippen LogP contribution in [0, 0.1) is 0 Å². The molecule has 7 heteroatoms. The molecule has 6 nitrogen and oxygen atoms in total. The number of halogens is 1. The largest absolute Gasteiger partial charge is 0.492 e. The predicted octanol–water partition coefficient (Wildman–Crippen LogP) is 6.34. The molecule has 4 aromatic rings. The minimum absolute atomic E-state index is 0.117. The first kappa shape index (κ1) is 25.0. The maximum Gasteiger partial charge on any atom is 0.262 e. The monoisotopic (exact) mass is 544 g/mol. The maximum atomic E-state index is 12.8. The highest BCUT2D eigenvalue weighted by Crippen LogP contribution is 2.27. The Balaban J connectivity index is 1.29. The van der Waals surface area contributed by atoms with Gasteiger partial charge in [-0.15, -0.1) is 0 Å². The third kappa shape index (κ3) is 7.45. The van der Waals surface area contributed by atoms with Crippen molar-refractivity contribution in [2.45, 2.75) is 6.42 Å². The second kappa shape index (κ2) is 12.6. The van der Waals surface area contributed by atoms with Crippen LogP contribution in [0.4, 0.5) is 11.4 Å². The van der Waals surface area contributed by atoms with Crippen LogP contribution in [-0.2, 0) is 11.2 Å². The van der Waals surface area contributed by atoms with E-state index in [0.29, 0.717) is 39.5 Å². The van der Waals surface area contributed by atoms with Gasteiger partial charge >= 0.3 is 0 Å². The fourth-order valence-corrected chi connectivity index (χ4v) is 3.92. The van der Waals surface area contributed by atoms with E-state index in [9.17, 15) is 9.59 Å². The lowest BCUT2D eigenvalue weighted by atomic mass is 10.1. The van der Waals surface area contributed by atoms with Gasteiger partial charge in [-0.1, -0.05) is 54.6 Å². The Labute approximate surface area is 218 Å². The zero-order chi connectivity index (χ0) is 25.2. The van der Waals surface area contributed by atoms with Crippen LogP contribution in [0.3, 0.4) is 0 Å². The zero-order valence-electron chi connectivity index (χ0n) is 19.4. The number of benzene rings is 4. The van der Waals surface area contributed by atoms with E-state index in [2.05, 4.69) is 38.7 Å². The summed E-state index contributed by atoms with van der Waals surface area (Å²) in [6.07, 6.45) is 0.792. The van der Waals surface area contributed by atoms with Crippen LogP contribution >= 0.6 is 15.9 Å². The van der Waals surface area contributed by atoms with Crippen LogP contribution in [0.15, 0.2) is 108 Å². The molecule has 0 saturated heterocycles. The average molecular weight is 545 g/mol. The molecule has 0 bridgehead atoms. The second-order valence-electron chi connectivity index (χ2n) is 7.91. The number of hydrogen-bond donors (Lipinski definition) is 2. The standard InChI is InChI=1S/C29H25BrN2O4/c30-26-18-22(14-15-27(26)35-17-16-21-8-3-1-4-9-21)29(34)32-24-11-7-10-23(19-24)31-28(33)20-36-25-12-5-2-6-13-25/h1-15,18-19H,16-17,20H2,(H,31,33)(H,32,34). The number of nitrogens with one attached hydrogen (secondary N) is 2. The highest BCUT2D eigenvalue weighted by atomic mass is 79.9. The van der Waals surface area contributed by atoms with Crippen molar-refractivity contribution in [3.8, 4) is 11.5 Å². The number of para-hydroxylation sites is 1. The van der Waals surface area contributed by atoms with Gasteiger partial charge in [0.15, 0.2) is 6.61 Å². The molecular formula is C29H25BrN2O4. The van der Waals surface area contributed by atoms with E-state index >= 15 is 0 Å². The molecule has 36 heavy (non-hydrogen) atoms. The van der Waals surface area contributed by atoms with Crippen LogP contribution in [-0.4, -0.2) is 25.0 Å². The highest BCUT2D eigenvalue weighted by molar-refractivity contribution is 9.10. The van der Waals surface area contributed by atoms with Gasteiger partial charge in [0.2, 0.25) is 0 Å². The van der Waals surface area contributed by atoms with Crippen molar-refractivity contribution in [2.75, 3.05) is 23.8 Å². The van der Waals surface area contributed by atoms with E-state index in [4.69, 9.17) is 9.47 Å². The number of anilines is 2.